The Morgan fingerprint density at radius 3 is 2.74 bits per heavy atom. The first-order valence-electron chi connectivity index (χ1n) is 8.36. The Kier molecular flexibility index (Phi) is 5.51. The molecule has 0 unspecified atom stereocenters. The summed E-state index contributed by atoms with van der Waals surface area (Å²) in [6.07, 6.45) is -0.983. The second kappa shape index (κ2) is 7.84. The zero-order valence-electron chi connectivity index (χ0n) is 15.2. The molecule has 0 aliphatic carbocycles. The Hall–Kier alpha value is -2.80. The van der Waals surface area contributed by atoms with E-state index in [1.165, 1.54) is 6.92 Å². The molecule has 142 valence electrons. The van der Waals surface area contributed by atoms with Crippen LogP contribution in [0.2, 0.25) is 5.15 Å². The predicted molar refractivity (Wildman–Crippen MR) is 98.0 cm³/mol. The van der Waals surface area contributed by atoms with Crippen LogP contribution in [-0.2, 0) is 16.1 Å². The fourth-order valence-corrected chi connectivity index (χ4v) is 3.05. The van der Waals surface area contributed by atoms with Crippen LogP contribution in [-0.4, -0.2) is 29.8 Å². The lowest BCUT2D eigenvalue weighted by Gasteiger charge is -2.15. The van der Waals surface area contributed by atoms with E-state index in [-0.39, 0.29) is 24.1 Å². The lowest BCUT2D eigenvalue weighted by molar-refractivity contribution is -0.129. The van der Waals surface area contributed by atoms with E-state index in [2.05, 4.69) is 10.3 Å². The van der Waals surface area contributed by atoms with Crippen LogP contribution in [0.4, 0.5) is 0 Å². The van der Waals surface area contributed by atoms with Gasteiger partial charge in [0.1, 0.15) is 5.15 Å². The number of aromatic nitrogens is 1. The summed E-state index contributed by atoms with van der Waals surface area (Å²) in [5.74, 6) is 0.204. The SMILES string of the molecule is Cc1cc(C)c(C(=O)O[C@@H](C)C(=O)NCc2ccc3c(c2)OCO3)c(Cl)n1. The number of carbonyl (C=O) groups excluding carboxylic acids is 2. The molecule has 1 amide bonds. The van der Waals surface area contributed by atoms with Gasteiger partial charge in [-0.1, -0.05) is 17.7 Å². The molecule has 3 rings (SSSR count). The van der Waals surface area contributed by atoms with Crippen molar-refractivity contribution in [3.05, 3.63) is 51.8 Å². The number of nitrogens with zero attached hydrogens (tertiary/aromatic N) is 1. The molecule has 1 aromatic carbocycles. The summed E-state index contributed by atoms with van der Waals surface area (Å²) in [6.45, 7) is 5.47. The number of nitrogens with one attached hydrogen (secondary N) is 1. The average molecular weight is 391 g/mol. The third-order valence-corrected chi connectivity index (χ3v) is 4.33. The van der Waals surface area contributed by atoms with Gasteiger partial charge in [0, 0.05) is 12.2 Å². The van der Waals surface area contributed by atoms with Crippen LogP contribution in [0.25, 0.3) is 0 Å². The maximum absolute atomic E-state index is 12.4. The number of aryl methyl sites for hydroxylation is 2. The average Bonchev–Trinajstić information content (AvgIpc) is 3.06. The van der Waals surface area contributed by atoms with Crippen molar-refractivity contribution in [1.82, 2.24) is 10.3 Å². The van der Waals surface area contributed by atoms with E-state index in [4.69, 9.17) is 25.8 Å². The van der Waals surface area contributed by atoms with Gasteiger partial charge in [0.15, 0.2) is 17.6 Å². The van der Waals surface area contributed by atoms with Gasteiger partial charge in [0.2, 0.25) is 6.79 Å². The van der Waals surface area contributed by atoms with Gasteiger partial charge < -0.3 is 19.5 Å². The summed E-state index contributed by atoms with van der Waals surface area (Å²) in [7, 11) is 0. The standard InChI is InChI=1S/C19H19ClN2O5/c1-10-6-11(2)22-17(20)16(10)19(24)27-12(3)18(23)21-8-13-4-5-14-15(7-13)26-9-25-14/h4-7,12H,8-9H2,1-3H3,(H,21,23)/t12-/m0/s1. The van der Waals surface area contributed by atoms with E-state index in [1.807, 2.05) is 6.07 Å². The highest BCUT2D eigenvalue weighted by molar-refractivity contribution is 6.32. The molecule has 0 fully saturated rings. The predicted octanol–water partition coefficient (Wildman–Crippen LogP) is 2.94. The molecule has 0 radical (unpaired) electrons. The number of amides is 1. The highest BCUT2D eigenvalue weighted by Gasteiger charge is 2.23. The molecule has 2 heterocycles. The Bertz CT molecular complexity index is 877. The number of fused-ring (bicyclic) bond motifs is 1. The number of benzene rings is 1. The lowest BCUT2D eigenvalue weighted by Crippen LogP contribution is -2.35. The molecule has 1 aliphatic rings. The fraction of sp³-hybridized carbons (Fsp3) is 0.316. The Morgan fingerprint density at radius 2 is 2.00 bits per heavy atom. The molecule has 1 aliphatic heterocycles. The Morgan fingerprint density at radius 1 is 1.26 bits per heavy atom. The molecule has 0 spiro atoms. The van der Waals surface area contributed by atoms with Crippen molar-refractivity contribution < 1.29 is 23.8 Å². The fourth-order valence-electron chi connectivity index (χ4n) is 2.69. The van der Waals surface area contributed by atoms with Crippen molar-refractivity contribution in [1.29, 1.82) is 0 Å². The van der Waals surface area contributed by atoms with E-state index in [9.17, 15) is 9.59 Å². The molecule has 0 bridgehead atoms. The number of rotatable bonds is 5. The normalized spacial score (nSPS) is 13.2. The van der Waals surface area contributed by atoms with Crippen molar-refractivity contribution >= 4 is 23.5 Å². The van der Waals surface area contributed by atoms with Crippen molar-refractivity contribution in [2.24, 2.45) is 0 Å². The molecule has 0 saturated heterocycles. The minimum Gasteiger partial charge on any atom is -0.454 e. The number of ether oxygens (including phenoxy) is 3. The van der Waals surface area contributed by atoms with E-state index in [0.717, 1.165) is 5.56 Å². The smallest absolute Gasteiger partial charge is 0.342 e. The minimum absolute atomic E-state index is 0.0606. The van der Waals surface area contributed by atoms with Gasteiger partial charge in [0.25, 0.3) is 5.91 Å². The van der Waals surface area contributed by atoms with Crippen LogP contribution in [0.3, 0.4) is 0 Å². The van der Waals surface area contributed by atoms with E-state index >= 15 is 0 Å². The van der Waals surface area contributed by atoms with Gasteiger partial charge in [-0.05, 0) is 50.1 Å². The Labute approximate surface area is 161 Å². The first-order valence-corrected chi connectivity index (χ1v) is 8.74. The van der Waals surface area contributed by atoms with Gasteiger partial charge in [-0.25, -0.2) is 9.78 Å². The van der Waals surface area contributed by atoms with E-state index < -0.39 is 18.0 Å². The summed E-state index contributed by atoms with van der Waals surface area (Å²) in [5, 5.41) is 2.78. The molecular formula is C19H19ClN2O5. The van der Waals surface area contributed by atoms with Crippen LogP contribution in [0.1, 0.15) is 34.1 Å². The number of carbonyl (C=O) groups is 2. The molecule has 0 saturated carbocycles. The van der Waals surface area contributed by atoms with Gasteiger partial charge in [0.05, 0.1) is 5.56 Å². The molecule has 7 nitrogen and oxygen atoms in total. The van der Waals surface area contributed by atoms with E-state index in [1.54, 1.807) is 32.0 Å². The zero-order valence-corrected chi connectivity index (χ0v) is 15.9. The molecule has 2 aromatic rings. The largest absolute Gasteiger partial charge is 0.454 e. The third-order valence-electron chi connectivity index (χ3n) is 4.06. The van der Waals surface area contributed by atoms with Crippen molar-refractivity contribution in [3.8, 4) is 11.5 Å². The molecule has 1 aromatic heterocycles. The van der Waals surface area contributed by atoms with Crippen molar-refractivity contribution in [3.63, 3.8) is 0 Å². The quantitative estimate of drug-likeness (QED) is 0.624. The van der Waals surface area contributed by atoms with Crippen molar-refractivity contribution in [2.45, 2.75) is 33.4 Å². The first kappa shape index (κ1) is 19.0. The first-order chi connectivity index (χ1) is 12.8. The van der Waals surface area contributed by atoms with Crippen LogP contribution >= 0.6 is 11.6 Å². The van der Waals surface area contributed by atoms with Crippen LogP contribution in [0, 0.1) is 13.8 Å². The Balaban J connectivity index is 1.58. The van der Waals surface area contributed by atoms with E-state index in [0.29, 0.717) is 22.8 Å². The second-order valence-electron chi connectivity index (χ2n) is 6.20. The summed E-state index contributed by atoms with van der Waals surface area (Å²) >= 11 is 6.05. The highest BCUT2D eigenvalue weighted by Crippen LogP contribution is 2.32. The molecule has 27 heavy (non-hydrogen) atoms. The molecule has 8 heteroatoms. The van der Waals surface area contributed by atoms with Crippen LogP contribution in [0.5, 0.6) is 11.5 Å². The highest BCUT2D eigenvalue weighted by atomic mass is 35.5. The number of halogens is 1. The maximum Gasteiger partial charge on any atom is 0.342 e. The zero-order chi connectivity index (χ0) is 19.6. The number of hydrogen-bond acceptors (Lipinski definition) is 6. The minimum atomic E-state index is -0.983. The monoisotopic (exact) mass is 390 g/mol. The summed E-state index contributed by atoms with van der Waals surface area (Å²) in [5.41, 5.74) is 2.35. The molecule has 1 atom stereocenters. The van der Waals surface area contributed by atoms with Gasteiger partial charge in [-0.3, -0.25) is 4.79 Å². The van der Waals surface area contributed by atoms with Gasteiger partial charge in [-0.15, -0.1) is 0 Å². The maximum atomic E-state index is 12.4. The molecule has 1 N–H and O–H groups in total. The van der Waals surface area contributed by atoms with Crippen LogP contribution in [0.15, 0.2) is 24.3 Å². The van der Waals surface area contributed by atoms with Crippen molar-refractivity contribution in [2.75, 3.05) is 6.79 Å². The number of esters is 1. The summed E-state index contributed by atoms with van der Waals surface area (Å²) in [6, 6.07) is 7.13. The van der Waals surface area contributed by atoms with Gasteiger partial charge in [-0.2, -0.15) is 0 Å². The lowest BCUT2D eigenvalue weighted by atomic mass is 10.1. The second-order valence-corrected chi connectivity index (χ2v) is 6.56. The number of hydrogen-bond donors (Lipinski definition) is 1. The summed E-state index contributed by atoms with van der Waals surface area (Å²) < 4.78 is 15.8. The number of pyridine rings is 1. The topological polar surface area (TPSA) is 86.8 Å². The summed E-state index contributed by atoms with van der Waals surface area (Å²) in [4.78, 5) is 28.7. The van der Waals surface area contributed by atoms with Crippen LogP contribution < -0.4 is 14.8 Å². The third kappa shape index (κ3) is 4.31. The molecular weight excluding hydrogens is 372 g/mol. The van der Waals surface area contributed by atoms with Gasteiger partial charge >= 0.3 is 5.97 Å².